The lowest BCUT2D eigenvalue weighted by atomic mass is 10.3. The highest BCUT2D eigenvalue weighted by molar-refractivity contribution is 9.10. The Morgan fingerprint density at radius 2 is 2.05 bits per heavy atom. The molecule has 0 saturated heterocycles. The predicted molar refractivity (Wildman–Crippen MR) is 85.3 cm³/mol. The molecule has 0 atom stereocenters. The fraction of sp³-hybridized carbons (Fsp3) is 0.0667. The maximum atomic E-state index is 12.1. The molecule has 0 fully saturated rings. The maximum Gasteiger partial charge on any atom is 0.228 e. The molecule has 0 aliphatic carbocycles. The average Bonchev–Trinajstić information content (AvgIpc) is 2.90. The van der Waals surface area contributed by atoms with Gasteiger partial charge in [0.2, 0.25) is 5.78 Å². The average molecular weight is 364 g/mol. The van der Waals surface area contributed by atoms with Gasteiger partial charge < -0.3 is 9.84 Å². The number of benzene rings is 2. The lowest BCUT2D eigenvalue weighted by Crippen LogP contribution is -2.11. The van der Waals surface area contributed by atoms with Crippen LogP contribution < -0.4 is 4.74 Å². The van der Waals surface area contributed by atoms with E-state index in [1.165, 1.54) is 17.4 Å². The van der Waals surface area contributed by atoms with Crippen LogP contribution in [0.4, 0.5) is 0 Å². The Hall–Kier alpha value is -1.92. The highest BCUT2D eigenvalue weighted by Gasteiger charge is 2.15. The summed E-state index contributed by atoms with van der Waals surface area (Å²) in [7, 11) is 0. The zero-order valence-corrected chi connectivity index (χ0v) is 13.1. The summed E-state index contributed by atoms with van der Waals surface area (Å²) in [6.45, 7) is -0.171. The molecule has 4 nitrogen and oxygen atoms in total. The fourth-order valence-corrected chi connectivity index (χ4v) is 3.19. The number of ether oxygens (including phenoxy) is 1. The number of thiazole rings is 1. The van der Waals surface area contributed by atoms with E-state index in [1.54, 1.807) is 12.1 Å². The van der Waals surface area contributed by atoms with Gasteiger partial charge in [-0.05, 0) is 40.2 Å². The number of halogens is 1. The molecule has 1 aromatic heterocycles. The van der Waals surface area contributed by atoms with Crippen LogP contribution in [0.25, 0.3) is 10.2 Å². The number of carbonyl (C=O) groups is 1. The van der Waals surface area contributed by atoms with E-state index < -0.39 is 0 Å². The van der Waals surface area contributed by atoms with Crippen LogP contribution in [0.3, 0.4) is 0 Å². The first-order valence-electron chi connectivity index (χ1n) is 6.14. The molecule has 0 bridgehead atoms. The summed E-state index contributed by atoms with van der Waals surface area (Å²) >= 11 is 4.61. The van der Waals surface area contributed by atoms with Gasteiger partial charge in [-0.2, -0.15) is 0 Å². The van der Waals surface area contributed by atoms with Crippen LogP contribution in [0.1, 0.15) is 9.80 Å². The van der Waals surface area contributed by atoms with E-state index in [0.29, 0.717) is 9.48 Å². The molecule has 6 heteroatoms. The van der Waals surface area contributed by atoms with Crippen molar-refractivity contribution in [3.63, 3.8) is 0 Å². The Balaban J connectivity index is 1.77. The molecule has 0 aliphatic heterocycles. The molecule has 3 rings (SSSR count). The van der Waals surface area contributed by atoms with E-state index in [0.717, 1.165) is 10.2 Å². The molecule has 0 spiro atoms. The van der Waals surface area contributed by atoms with Crippen LogP contribution in [-0.2, 0) is 0 Å². The van der Waals surface area contributed by atoms with Gasteiger partial charge in [0.05, 0.1) is 14.7 Å². The number of hydrogen-bond donors (Lipinski definition) is 1. The summed E-state index contributed by atoms with van der Waals surface area (Å²) in [5, 5.41) is 10.1. The molecule has 2 aromatic carbocycles. The Bertz CT molecular complexity index is 762. The number of para-hydroxylation sites is 2. The Morgan fingerprint density at radius 3 is 2.81 bits per heavy atom. The van der Waals surface area contributed by atoms with E-state index >= 15 is 0 Å². The minimum Gasteiger partial charge on any atom is -0.504 e. The number of fused-ring (bicyclic) bond motifs is 1. The van der Waals surface area contributed by atoms with Gasteiger partial charge in [-0.3, -0.25) is 4.79 Å². The van der Waals surface area contributed by atoms with Crippen molar-refractivity contribution in [3.05, 3.63) is 51.9 Å². The van der Waals surface area contributed by atoms with Crippen LogP contribution in [0, 0.1) is 0 Å². The monoisotopic (exact) mass is 363 g/mol. The van der Waals surface area contributed by atoms with E-state index in [-0.39, 0.29) is 23.9 Å². The normalized spacial score (nSPS) is 10.7. The standard InChI is InChI=1S/C15H10BrNO3S/c16-9-4-3-6-11(18)14(9)20-8-12(19)15-17-10-5-1-2-7-13(10)21-15/h1-7,18H,8H2. The summed E-state index contributed by atoms with van der Waals surface area (Å²) < 4.78 is 6.96. The van der Waals surface area contributed by atoms with Crippen LogP contribution >= 0.6 is 27.3 Å². The topological polar surface area (TPSA) is 59.4 Å². The van der Waals surface area contributed by atoms with E-state index in [4.69, 9.17) is 4.74 Å². The predicted octanol–water partition coefficient (Wildman–Crippen LogP) is 4.03. The molecule has 0 saturated carbocycles. The van der Waals surface area contributed by atoms with E-state index in [9.17, 15) is 9.90 Å². The quantitative estimate of drug-likeness (QED) is 0.711. The molecule has 0 unspecified atom stereocenters. The van der Waals surface area contributed by atoms with Crippen molar-refractivity contribution in [2.24, 2.45) is 0 Å². The number of aromatic hydroxyl groups is 1. The number of Topliss-reactive ketones (excluding diaryl/α,β-unsaturated/α-hetero) is 1. The number of nitrogens with zero attached hydrogens (tertiary/aromatic N) is 1. The number of phenols is 1. The second-order valence-corrected chi connectivity index (χ2v) is 6.17. The zero-order valence-electron chi connectivity index (χ0n) is 10.7. The van der Waals surface area contributed by atoms with Crippen molar-refractivity contribution < 1.29 is 14.6 Å². The van der Waals surface area contributed by atoms with Crippen molar-refractivity contribution in [1.82, 2.24) is 4.98 Å². The van der Waals surface area contributed by atoms with Crippen LogP contribution in [-0.4, -0.2) is 22.5 Å². The molecule has 1 N–H and O–H groups in total. The number of rotatable bonds is 4. The van der Waals surface area contributed by atoms with Crippen molar-refractivity contribution in [2.45, 2.75) is 0 Å². The minimum atomic E-state index is -0.216. The van der Waals surface area contributed by atoms with Gasteiger partial charge in [0.1, 0.15) is 0 Å². The van der Waals surface area contributed by atoms with Gasteiger partial charge in [0.15, 0.2) is 23.1 Å². The second-order valence-electron chi connectivity index (χ2n) is 4.29. The molecule has 0 aliphatic rings. The number of hydrogen-bond acceptors (Lipinski definition) is 5. The van der Waals surface area contributed by atoms with Gasteiger partial charge in [-0.25, -0.2) is 4.98 Å². The summed E-state index contributed by atoms with van der Waals surface area (Å²) in [4.78, 5) is 16.4. The molecule has 3 aromatic rings. The third-order valence-corrected chi connectivity index (χ3v) is 4.53. The summed E-state index contributed by atoms with van der Waals surface area (Å²) in [6.07, 6.45) is 0. The van der Waals surface area contributed by atoms with E-state index in [1.807, 2.05) is 24.3 Å². The van der Waals surface area contributed by atoms with Crippen molar-refractivity contribution in [3.8, 4) is 11.5 Å². The van der Waals surface area contributed by atoms with Crippen LogP contribution in [0.15, 0.2) is 46.9 Å². The lowest BCUT2D eigenvalue weighted by molar-refractivity contribution is 0.0919. The van der Waals surface area contributed by atoms with Gasteiger partial charge in [0.25, 0.3) is 0 Å². The number of carbonyl (C=O) groups excluding carboxylic acids is 1. The third-order valence-electron chi connectivity index (χ3n) is 2.83. The molecule has 0 radical (unpaired) electrons. The van der Waals surface area contributed by atoms with Crippen LogP contribution in [0.2, 0.25) is 0 Å². The number of aromatic nitrogens is 1. The molecule has 21 heavy (non-hydrogen) atoms. The highest BCUT2D eigenvalue weighted by atomic mass is 79.9. The SMILES string of the molecule is O=C(COc1c(O)cccc1Br)c1nc2ccccc2s1. The first kappa shape index (κ1) is 14.0. The Morgan fingerprint density at radius 1 is 1.24 bits per heavy atom. The molecular formula is C15H10BrNO3S. The fourth-order valence-electron chi connectivity index (χ4n) is 1.83. The summed E-state index contributed by atoms with van der Waals surface area (Å²) in [6, 6.07) is 12.5. The van der Waals surface area contributed by atoms with Crippen molar-refractivity contribution in [1.29, 1.82) is 0 Å². The minimum absolute atomic E-state index is 0.0125. The lowest BCUT2D eigenvalue weighted by Gasteiger charge is -2.08. The summed E-state index contributed by atoms with van der Waals surface area (Å²) in [5.41, 5.74) is 0.801. The van der Waals surface area contributed by atoms with E-state index in [2.05, 4.69) is 20.9 Å². The van der Waals surface area contributed by atoms with Gasteiger partial charge in [-0.15, -0.1) is 11.3 Å². The van der Waals surface area contributed by atoms with Gasteiger partial charge in [0, 0.05) is 0 Å². The zero-order chi connectivity index (χ0) is 14.8. The summed E-state index contributed by atoms with van der Waals surface area (Å²) in [5.74, 6) is 0.0276. The third kappa shape index (κ3) is 2.91. The first-order valence-corrected chi connectivity index (χ1v) is 7.75. The number of ketones is 1. The largest absolute Gasteiger partial charge is 0.504 e. The van der Waals surface area contributed by atoms with Gasteiger partial charge in [-0.1, -0.05) is 18.2 Å². The maximum absolute atomic E-state index is 12.1. The van der Waals surface area contributed by atoms with Crippen LogP contribution in [0.5, 0.6) is 11.5 Å². The smallest absolute Gasteiger partial charge is 0.228 e. The number of phenolic OH excluding ortho intramolecular Hbond substituents is 1. The molecule has 106 valence electrons. The molecule has 0 amide bonds. The Labute approximate surface area is 133 Å². The first-order chi connectivity index (χ1) is 10.1. The second kappa shape index (κ2) is 5.83. The highest BCUT2D eigenvalue weighted by Crippen LogP contribution is 2.34. The van der Waals surface area contributed by atoms with Gasteiger partial charge >= 0.3 is 0 Å². The van der Waals surface area contributed by atoms with Crippen molar-refractivity contribution >= 4 is 43.3 Å². The van der Waals surface area contributed by atoms with Crippen molar-refractivity contribution in [2.75, 3.05) is 6.61 Å². The molecular weight excluding hydrogens is 354 g/mol. The molecule has 1 heterocycles. The Kier molecular flexibility index (Phi) is 3.90.